The molecule has 0 bridgehead atoms. The van der Waals surface area contributed by atoms with Gasteiger partial charge in [-0.05, 0) is 33.6 Å². The minimum atomic E-state index is -2.27. The first-order chi connectivity index (χ1) is 6.58. The van der Waals surface area contributed by atoms with Gasteiger partial charge < -0.3 is 14.0 Å². The average molecular weight is 220 g/mol. The fourth-order valence-corrected chi connectivity index (χ4v) is 5.30. The molecule has 1 rings (SSSR count). The van der Waals surface area contributed by atoms with Crippen LogP contribution in [0.1, 0.15) is 33.6 Å². The Labute approximate surface area is 86.5 Å². The molecule has 14 heavy (non-hydrogen) atoms. The fourth-order valence-electron chi connectivity index (χ4n) is 2.06. The van der Waals surface area contributed by atoms with Crippen LogP contribution in [0.25, 0.3) is 0 Å². The lowest BCUT2D eigenvalue weighted by atomic mass is 10.4. The van der Waals surface area contributed by atoms with Crippen molar-refractivity contribution in [3.8, 4) is 0 Å². The molecule has 1 aliphatic rings. The Balaban J connectivity index is 2.79. The first-order valence-corrected chi connectivity index (χ1v) is 7.52. The Morgan fingerprint density at radius 3 is 1.93 bits per heavy atom. The van der Waals surface area contributed by atoms with E-state index in [2.05, 4.69) is 0 Å². The van der Waals surface area contributed by atoms with Crippen molar-refractivity contribution >= 4 is 7.14 Å². The van der Waals surface area contributed by atoms with Crippen molar-refractivity contribution in [1.29, 1.82) is 0 Å². The topological polar surface area (TPSA) is 35.5 Å². The summed E-state index contributed by atoms with van der Waals surface area (Å²) in [5.41, 5.74) is -0.826. The lowest BCUT2D eigenvalue weighted by molar-refractivity contribution is -0.161. The average Bonchev–Trinajstić information content (AvgIpc) is 2.54. The van der Waals surface area contributed by atoms with Crippen LogP contribution >= 0.6 is 7.14 Å². The van der Waals surface area contributed by atoms with Gasteiger partial charge in [0.25, 0.3) is 0 Å². The monoisotopic (exact) mass is 220 g/mol. The molecule has 0 spiro atoms. The van der Waals surface area contributed by atoms with Crippen LogP contribution in [0.15, 0.2) is 0 Å². The molecule has 0 aromatic rings. The molecule has 0 saturated carbocycles. The van der Waals surface area contributed by atoms with Crippen LogP contribution in [0.5, 0.6) is 0 Å². The highest BCUT2D eigenvalue weighted by Crippen LogP contribution is 2.63. The van der Waals surface area contributed by atoms with Crippen LogP contribution in [0.3, 0.4) is 0 Å². The summed E-state index contributed by atoms with van der Waals surface area (Å²) in [7, 11) is -2.27. The molecule has 0 N–H and O–H groups in total. The second-order valence-corrected chi connectivity index (χ2v) is 7.29. The van der Waals surface area contributed by atoms with Gasteiger partial charge in [-0.3, -0.25) is 0 Å². The molecule has 0 atom stereocenters. The molecule has 1 heterocycles. The van der Waals surface area contributed by atoms with Crippen molar-refractivity contribution in [2.45, 2.75) is 39.1 Å². The molecule has 0 radical (unpaired) electrons. The maximum atomic E-state index is 12.6. The highest BCUT2D eigenvalue weighted by molar-refractivity contribution is 7.65. The molecule has 0 aromatic carbocycles. The molecule has 0 aliphatic carbocycles. The van der Waals surface area contributed by atoms with Gasteiger partial charge in [0.15, 0.2) is 0 Å². The fraction of sp³-hybridized carbons (Fsp3) is 1.00. The molecule has 1 fully saturated rings. The van der Waals surface area contributed by atoms with E-state index in [1.54, 1.807) is 0 Å². The maximum absolute atomic E-state index is 12.6. The quantitative estimate of drug-likeness (QED) is 0.528. The van der Waals surface area contributed by atoms with Crippen molar-refractivity contribution in [1.82, 2.24) is 0 Å². The van der Waals surface area contributed by atoms with E-state index in [0.717, 1.165) is 25.2 Å². The van der Waals surface area contributed by atoms with E-state index in [0.29, 0.717) is 13.2 Å². The van der Waals surface area contributed by atoms with E-state index in [1.807, 2.05) is 20.8 Å². The number of ether oxygens (including phenoxy) is 2. The molecule has 0 aromatic heterocycles. The normalized spacial score (nSPS) is 21.4. The zero-order chi connectivity index (χ0) is 10.7. The van der Waals surface area contributed by atoms with Gasteiger partial charge in [-0.15, -0.1) is 0 Å². The Hall–Kier alpha value is 0.150. The zero-order valence-corrected chi connectivity index (χ0v) is 10.3. The Bertz CT molecular complexity index is 211. The molecule has 3 nitrogen and oxygen atoms in total. The van der Waals surface area contributed by atoms with Crippen molar-refractivity contribution in [2.75, 3.05) is 25.5 Å². The first kappa shape index (κ1) is 12.2. The smallest absolute Gasteiger partial charge is 0.219 e. The van der Waals surface area contributed by atoms with E-state index in [-0.39, 0.29) is 0 Å². The second kappa shape index (κ2) is 4.78. The minimum Gasteiger partial charge on any atom is -0.344 e. The van der Waals surface area contributed by atoms with Crippen LogP contribution in [0, 0.1) is 0 Å². The first-order valence-electron chi connectivity index (χ1n) is 5.44. The van der Waals surface area contributed by atoms with Crippen LogP contribution in [0.2, 0.25) is 0 Å². The van der Waals surface area contributed by atoms with Gasteiger partial charge >= 0.3 is 0 Å². The van der Waals surface area contributed by atoms with Gasteiger partial charge in [0, 0.05) is 25.5 Å². The van der Waals surface area contributed by atoms with E-state index < -0.39 is 12.7 Å². The van der Waals surface area contributed by atoms with Crippen LogP contribution in [-0.2, 0) is 14.0 Å². The summed E-state index contributed by atoms with van der Waals surface area (Å²) in [5.74, 6) is 0. The van der Waals surface area contributed by atoms with Gasteiger partial charge in [-0.1, -0.05) is 0 Å². The Kier molecular flexibility index (Phi) is 4.17. The van der Waals surface area contributed by atoms with Crippen LogP contribution < -0.4 is 0 Å². The van der Waals surface area contributed by atoms with Gasteiger partial charge in [0.05, 0.1) is 0 Å². The molecule has 1 saturated heterocycles. The van der Waals surface area contributed by atoms with Gasteiger partial charge in [-0.25, -0.2) is 0 Å². The lowest BCUT2D eigenvalue weighted by Crippen LogP contribution is -2.33. The van der Waals surface area contributed by atoms with Gasteiger partial charge in [0.1, 0.15) is 7.14 Å². The molecule has 0 amide bonds. The SMILES string of the molecule is CCOC(C)(OCC)P1(=O)CCCC1. The molecular weight excluding hydrogens is 199 g/mol. The lowest BCUT2D eigenvalue weighted by Gasteiger charge is -2.34. The standard InChI is InChI=1S/C10H21O3P/c1-4-12-10(3,13-5-2)14(11)8-6-7-9-14/h4-9H2,1-3H3. The summed E-state index contributed by atoms with van der Waals surface area (Å²) in [4.78, 5) is 0. The molecule has 1 aliphatic heterocycles. The minimum absolute atomic E-state index is 0.556. The van der Waals surface area contributed by atoms with E-state index in [4.69, 9.17) is 9.47 Å². The number of hydrogen-bond acceptors (Lipinski definition) is 3. The zero-order valence-electron chi connectivity index (χ0n) is 9.41. The third-order valence-corrected chi connectivity index (χ3v) is 6.67. The maximum Gasteiger partial charge on any atom is 0.219 e. The van der Waals surface area contributed by atoms with Crippen LogP contribution in [-0.4, -0.2) is 31.1 Å². The summed E-state index contributed by atoms with van der Waals surface area (Å²) < 4.78 is 23.7. The second-order valence-electron chi connectivity index (χ2n) is 3.81. The third kappa shape index (κ3) is 2.21. The molecule has 0 unspecified atom stereocenters. The summed E-state index contributed by atoms with van der Waals surface area (Å²) in [6.45, 7) is 6.78. The highest BCUT2D eigenvalue weighted by atomic mass is 31.2. The Morgan fingerprint density at radius 2 is 1.57 bits per heavy atom. The van der Waals surface area contributed by atoms with Gasteiger partial charge in [0.2, 0.25) is 5.53 Å². The van der Waals surface area contributed by atoms with Crippen molar-refractivity contribution in [3.05, 3.63) is 0 Å². The summed E-state index contributed by atoms with van der Waals surface area (Å²) in [6, 6.07) is 0. The third-order valence-electron chi connectivity index (χ3n) is 2.85. The van der Waals surface area contributed by atoms with Crippen molar-refractivity contribution in [2.24, 2.45) is 0 Å². The van der Waals surface area contributed by atoms with E-state index >= 15 is 0 Å². The highest BCUT2D eigenvalue weighted by Gasteiger charge is 2.47. The predicted molar refractivity (Wildman–Crippen MR) is 58.2 cm³/mol. The van der Waals surface area contributed by atoms with Crippen molar-refractivity contribution in [3.63, 3.8) is 0 Å². The number of rotatable bonds is 5. The van der Waals surface area contributed by atoms with E-state index in [1.165, 1.54) is 0 Å². The van der Waals surface area contributed by atoms with Crippen LogP contribution in [0.4, 0.5) is 0 Å². The summed E-state index contributed by atoms with van der Waals surface area (Å²) >= 11 is 0. The molecular formula is C10H21O3P. The summed E-state index contributed by atoms with van der Waals surface area (Å²) in [6.07, 6.45) is 3.66. The predicted octanol–water partition coefficient (Wildman–Crippen LogP) is 2.89. The van der Waals surface area contributed by atoms with Crippen molar-refractivity contribution < 1.29 is 14.0 Å². The largest absolute Gasteiger partial charge is 0.344 e. The molecule has 84 valence electrons. The summed E-state index contributed by atoms with van der Waals surface area (Å²) in [5, 5.41) is 0. The van der Waals surface area contributed by atoms with Gasteiger partial charge in [-0.2, -0.15) is 0 Å². The van der Waals surface area contributed by atoms with E-state index in [9.17, 15) is 4.57 Å². The number of hydrogen-bond donors (Lipinski definition) is 0. The molecule has 4 heteroatoms. The Morgan fingerprint density at radius 1 is 1.14 bits per heavy atom.